The number of hydrogen-bond donors (Lipinski definition) is 1. The summed E-state index contributed by atoms with van der Waals surface area (Å²) in [7, 11) is 0. The molecule has 27 heavy (non-hydrogen) atoms. The van der Waals surface area contributed by atoms with Crippen molar-refractivity contribution in [1.82, 2.24) is 20.2 Å². The molecule has 2 aliphatic heterocycles. The van der Waals surface area contributed by atoms with Gasteiger partial charge in [0.2, 0.25) is 11.8 Å². The summed E-state index contributed by atoms with van der Waals surface area (Å²) in [5.41, 5.74) is 3.64. The minimum absolute atomic E-state index is 0.194. The van der Waals surface area contributed by atoms with E-state index in [1.165, 1.54) is 5.01 Å². The zero-order chi connectivity index (χ0) is 19.0. The Morgan fingerprint density at radius 3 is 2.63 bits per heavy atom. The largest absolute Gasteiger partial charge is 0.384 e. The number of rotatable bonds is 4. The first kappa shape index (κ1) is 17.1. The van der Waals surface area contributed by atoms with Crippen molar-refractivity contribution >= 4 is 23.4 Å². The Bertz CT molecular complexity index is 927. The monoisotopic (exact) mass is 365 g/mol. The molecule has 2 aromatic rings. The summed E-state index contributed by atoms with van der Waals surface area (Å²) in [5.74, 6) is -0.971. The van der Waals surface area contributed by atoms with E-state index in [4.69, 9.17) is 0 Å². The lowest BCUT2D eigenvalue weighted by atomic mass is 10.0. The molecule has 1 aromatic heterocycles. The molecule has 0 aliphatic carbocycles. The predicted octanol–water partition coefficient (Wildman–Crippen LogP) is 1.99. The second-order valence-corrected chi connectivity index (χ2v) is 6.55. The van der Waals surface area contributed by atoms with Crippen molar-refractivity contribution in [2.45, 2.75) is 32.7 Å². The lowest BCUT2D eigenvalue weighted by molar-refractivity contribution is -0.163. The first-order chi connectivity index (χ1) is 13.1. The second-order valence-electron chi connectivity index (χ2n) is 6.55. The molecule has 1 fully saturated rings. The molecule has 3 amide bonds. The third kappa shape index (κ3) is 3.03. The van der Waals surface area contributed by atoms with Crippen LogP contribution < -0.4 is 5.32 Å². The number of nitrogens with one attached hydrogen (secondary N) is 1. The average Bonchev–Trinajstić information content (AvgIpc) is 2.98. The molecule has 0 radical (unpaired) electrons. The Morgan fingerprint density at radius 1 is 1.11 bits per heavy atom. The number of imide groups is 1. The molecule has 1 saturated heterocycles. The zero-order valence-electron chi connectivity index (χ0n) is 14.9. The van der Waals surface area contributed by atoms with Gasteiger partial charge in [0.15, 0.2) is 0 Å². The minimum Gasteiger partial charge on any atom is -0.384 e. The van der Waals surface area contributed by atoms with Gasteiger partial charge in [-0.3, -0.25) is 14.4 Å². The fourth-order valence-corrected chi connectivity index (χ4v) is 3.45. The summed E-state index contributed by atoms with van der Waals surface area (Å²) in [6, 6.07) is 7.28. The van der Waals surface area contributed by atoms with E-state index < -0.39 is 0 Å². The van der Waals surface area contributed by atoms with Gasteiger partial charge in [0.1, 0.15) is 0 Å². The van der Waals surface area contributed by atoms with Crippen LogP contribution in [0, 0.1) is 0 Å². The molecule has 0 atom stereocenters. The van der Waals surface area contributed by atoms with Gasteiger partial charge < -0.3 is 5.32 Å². The molecule has 1 N–H and O–H groups in total. The Kier molecular flexibility index (Phi) is 4.31. The SMILES string of the molecule is CCNc1cnnc(-c2ccc3c(c2)CN(N2C(=O)CCCC2=O)C3=O)c1. The lowest BCUT2D eigenvalue weighted by Gasteiger charge is -2.32. The van der Waals surface area contributed by atoms with Gasteiger partial charge in [-0.05, 0) is 37.1 Å². The summed E-state index contributed by atoms with van der Waals surface area (Å²) in [6.45, 7) is 2.97. The molecule has 3 heterocycles. The number of fused-ring (bicyclic) bond motifs is 1. The smallest absolute Gasteiger partial charge is 0.273 e. The summed E-state index contributed by atoms with van der Waals surface area (Å²) in [4.78, 5) is 37.0. The maximum Gasteiger partial charge on any atom is 0.273 e. The molecular formula is C19H19N5O3. The van der Waals surface area contributed by atoms with E-state index in [0.29, 0.717) is 17.7 Å². The zero-order valence-corrected chi connectivity index (χ0v) is 14.9. The predicted molar refractivity (Wildman–Crippen MR) is 97.2 cm³/mol. The molecule has 2 aliphatic rings. The summed E-state index contributed by atoms with van der Waals surface area (Å²) in [5, 5.41) is 13.6. The van der Waals surface area contributed by atoms with E-state index in [0.717, 1.165) is 28.4 Å². The highest BCUT2D eigenvalue weighted by Gasteiger charge is 2.39. The van der Waals surface area contributed by atoms with Gasteiger partial charge in [0, 0.05) is 30.5 Å². The van der Waals surface area contributed by atoms with E-state index in [9.17, 15) is 14.4 Å². The quantitative estimate of drug-likeness (QED) is 0.833. The van der Waals surface area contributed by atoms with Crippen molar-refractivity contribution in [3.63, 3.8) is 0 Å². The Morgan fingerprint density at radius 2 is 1.89 bits per heavy atom. The van der Waals surface area contributed by atoms with Crippen LogP contribution in [0.5, 0.6) is 0 Å². The van der Waals surface area contributed by atoms with Crippen molar-refractivity contribution in [3.8, 4) is 11.3 Å². The maximum absolute atomic E-state index is 12.7. The Hall–Kier alpha value is -3.29. The van der Waals surface area contributed by atoms with Crippen LogP contribution in [0.1, 0.15) is 42.1 Å². The van der Waals surface area contributed by atoms with Crippen LogP contribution in [0.3, 0.4) is 0 Å². The molecule has 0 unspecified atom stereocenters. The lowest BCUT2D eigenvalue weighted by Crippen LogP contribution is -2.51. The van der Waals surface area contributed by atoms with Crippen LogP contribution in [-0.4, -0.2) is 44.5 Å². The summed E-state index contributed by atoms with van der Waals surface area (Å²) in [6.07, 6.45) is 2.75. The Labute approximate surface area is 156 Å². The number of carbonyl (C=O) groups is 3. The second kappa shape index (κ2) is 6.79. The molecule has 8 nitrogen and oxygen atoms in total. The standard InChI is InChI=1S/C19H19N5O3/c1-2-20-14-9-16(22-21-10-14)12-6-7-15-13(8-12)11-23(19(15)27)24-17(25)4-3-5-18(24)26/h6-10H,2-5,11H2,1H3,(H,20,22). The molecule has 0 bridgehead atoms. The van der Waals surface area contributed by atoms with Crippen molar-refractivity contribution in [2.75, 3.05) is 11.9 Å². The van der Waals surface area contributed by atoms with Gasteiger partial charge >= 0.3 is 0 Å². The third-order valence-corrected chi connectivity index (χ3v) is 4.72. The number of hydrogen-bond acceptors (Lipinski definition) is 6. The molecule has 1 aromatic carbocycles. The van der Waals surface area contributed by atoms with E-state index in [1.54, 1.807) is 18.3 Å². The van der Waals surface area contributed by atoms with Gasteiger partial charge in [0.05, 0.1) is 24.1 Å². The van der Waals surface area contributed by atoms with Crippen molar-refractivity contribution in [2.24, 2.45) is 0 Å². The first-order valence-corrected chi connectivity index (χ1v) is 8.96. The van der Waals surface area contributed by atoms with Crippen molar-refractivity contribution in [3.05, 3.63) is 41.6 Å². The number of anilines is 1. The molecule has 138 valence electrons. The van der Waals surface area contributed by atoms with Crippen LogP contribution in [-0.2, 0) is 16.1 Å². The number of piperidine rings is 1. The number of amides is 3. The van der Waals surface area contributed by atoms with Crippen molar-refractivity contribution < 1.29 is 14.4 Å². The minimum atomic E-state index is -0.326. The summed E-state index contributed by atoms with van der Waals surface area (Å²) < 4.78 is 0. The van der Waals surface area contributed by atoms with Gasteiger partial charge in [-0.1, -0.05) is 6.07 Å². The van der Waals surface area contributed by atoms with Crippen LogP contribution in [0.15, 0.2) is 30.5 Å². The van der Waals surface area contributed by atoms with Gasteiger partial charge in [-0.15, -0.1) is 0 Å². The molecule has 0 spiro atoms. The molecular weight excluding hydrogens is 346 g/mol. The average molecular weight is 365 g/mol. The van der Waals surface area contributed by atoms with Crippen molar-refractivity contribution in [1.29, 1.82) is 0 Å². The van der Waals surface area contributed by atoms with Crippen LogP contribution in [0.4, 0.5) is 5.69 Å². The van der Waals surface area contributed by atoms with Gasteiger partial charge in [-0.2, -0.15) is 15.2 Å². The fraction of sp³-hybridized carbons (Fsp3) is 0.316. The first-order valence-electron chi connectivity index (χ1n) is 8.96. The number of carbonyl (C=O) groups excluding carboxylic acids is 3. The van der Waals surface area contributed by atoms with Crippen LogP contribution in [0.2, 0.25) is 0 Å². The van der Waals surface area contributed by atoms with E-state index >= 15 is 0 Å². The van der Waals surface area contributed by atoms with Gasteiger partial charge in [0.25, 0.3) is 5.91 Å². The molecule has 0 saturated carbocycles. The van der Waals surface area contributed by atoms with E-state index in [1.807, 2.05) is 19.1 Å². The number of nitrogens with zero attached hydrogens (tertiary/aromatic N) is 4. The number of hydrazine groups is 1. The topological polar surface area (TPSA) is 95.5 Å². The molecule has 4 rings (SSSR count). The summed E-state index contributed by atoms with van der Waals surface area (Å²) >= 11 is 0. The highest BCUT2D eigenvalue weighted by Crippen LogP contribution is 2.30. The highest BCUT2D eigenvalue weighted by atomic mass is 16.2. The number of aromatic nitrogens is 2. The molecule has 8 heteroatoms. The Balaban J connectivity index is 1.64. The normalized spacial score (nSPS) is 16.7. The van der Waals surface area contributed by atoms with Gasteiger partial charge in [-0.25, -0.2) is 5.01 Å². The van der Waals surface area contributed by atoms with Crippen LogP contribution in [0.25, 0.3) is 11.3 Å². The van der Waals surface area contributed by atoms with Crippen LogP contribution >= 0.6 is 0 Å². The van der Waals surface area contributed by atoms with E-state index in [-0.39, 0.29) is 37.1 Å². The fourth-order valence-electron chi connectivity index (χ4n) is 3.45. The number of benzene rings is 1. The highest BCUT2D eigenvalue weighted by molar-refractivity contribution is 6.04. The third-order valence-electron chi connectivity index (χ3n) is 4.72. The van der Waals surface area contributed by atoms with E-state index in [2.05, 4.69) is 15.5 Å². The maximum atomic E-state index is 12.7.